The van der Waals surface area contributed by atoms with Crippen molar-refractivity contribution in [1.29, 1.82) is 0 Å². The van der Waals surface area contributed by atoms with Gasteiger partial charge in [-0.15, -0.1) is 0 Å². The first-order chi connectivity index (χ1) is 14.9. The quantitative estimate of drug-likeness (QED) is 0.515. The molecule has 0 saturated heterocycles. The van der Waals surface area contributed by atoms with Gasteiger partial charge >= 0.3 is 12.2 Å². The van der Waals surface area contributed by atoms with E-state index in [9.17, 15) is 22.8 Å². The van der Waals surface area contributed by atoms with Crippen molar-refractivity contribution in [1.82, 2.24) is 10.6 Å². The number of carbonyl (C=O) groups is 2. The smallest absolute Gasteiger partial charge is 0.350 e. The van der Waals surface area contributed by atoms with Crippen LogP contribution < -0.4 is 21.7 Å². The maximum absolute atomic E-state index is 13.0. The monoisotopic (exact) mass is 450 g/mol. The van der Waals surface area contributed by atoms with E-state index in [0.29, 0.717) is 6.42 Å². The third kappa shape index (κ3) is 7.56. The first kappa shape index (κ1) is 25.2. The highest BCUT2D eigenvalue weighted by molar-refractivity contribution is 5.94. The summed E-state index contributed by atoms with van der Waals surface area (Å²) < 4.78 is 38.7. The van der Waals surface area contributed by atoms with E-state index < -0.39 is 35.1 Å². The van der Waals surface area contributed by atoms with Crippen LogP contribution in [0.15, 0.2) is 54.6 Å². The Bertz CT molecular complexity index is 911. The Labute approximate surface area is 185 Å². The Morgan fingerprint density at radius 1 is 0.969 bits per heavy atom. The van der Waals surface area contributed by atoms with Gasteiger partial charge in [-0.05, 0) is 35.6 Å². The summed E-state index contributed by atoms with van der Waals surface area (Å²) >= 11 is 0. The number of halogens is 3. The van der Waals surface area contributed by atoms with Gasteiger partial charge in [-0.1, -0.05) is 57.2 Å². The lowest BCUT2D eigenvalue weighted by molar-refractivity contribution is -0.137. The molecule has 0 spiro atoms. The molecule has 6 nitrogen and oxygen atoms in total. The van der Waals surface area contributed by atoms with Crippen LogP contribution in [-0.4, -0.2) is 30.6 Å². The molecule has 174 valence electrons. The van der Waals surface area contributed by atoms with E-state index in [1.54, 1.807) is 20.8 Å². The summed E-state index contributed by atoms with van der Waals surface area (Å²) in [5.41, 5.74) is 5.25. The normalized spacial score (nSPS) is 13.7. The molecule has 2 rings (SSSR count). The predicted octanol–water partition coefficient (Wildman–Crippen LogP) is 3.93. The standard InChI is InChI=1S/C23H29F3N4O2/c1-22(2,3)19(20(31)28-18(14-27)12-15-8-5-4-6-9-15)30-21(32)29-17-11-7-10-16(13-17)23(24,25)26/h4-11,13,18-19H,12,14,27H2,1-3H3,(H,28,31)(H2,29,30,32). The Kier molecular flexibility index (Phi) is 8.26. The molecule has 0 radical (unpaired) electrons. The lowest BCUT2D eigenvalue weighted by atomic mass is 9.86. The largest absolute Gasteiger partial charge is 0.416 e. The maximum Gasteiger partial charge on any atom is 0.416 e. The summed E-state index contributed by atoms with van der Waals surface area (Å²) in [6.07, 6.45) is -4.01. The molecule has 9 heteroatoms. The number of carbonyl (C=O) groups excluding carboxylic acids is 2. The van der Waals surface area contributed by atoms with Gasteiger partial charge in [0.25, 0.3) is 0 Å². The highest BCUT2D eigenvalue weighted by Gasteiger charge is 2.34. The number of hydrogen-bond acceptors (Lipinski definition) is 3. The molecule has 32 heavy (non-hydrogen) atoms. The fraction of sp³-hybridized carbons (Fsp3) is 0.391. The SMILES string of the molecule is CC(C)(C)C(NC(=O)Nc1cccc(C(F)(F)F)c1)C(=O)NC(CN)Cc1ccccc1. The predicted molar refractivity (Wildman–Crippen MR) is 118 cm³/mol. The Balaban J connectivity index is 2.07. The third-order valence-corrected chi connectivity index (χ3v) is 4.81. The Morgan fingerprint density at radius 2 is 1.62 bits per heavy atom. The van der Waals surface area contributed by atoms with Gasteiger partial charge in [-0.3, -0.25) is 4.79 Å². The second kappa shape index (κ2) is 10.5. The lowest BCUT2D eigenvalue weighted by Gasteiger charge is -2.32. The van der Waals surface area contributed by atoms with E-state index in [2.05, 4.69) is 16.0 Å². The van der Waals surface area contributed by atoms with Crippen LogP contribution in [-0.2, 0) is 17.4 Å². The molecule has 0 bridgehead atoms. The first-order valence-electron chi connectivity index (χ1n) is 10.2. The summed E-state index contributed by atoms with van der Waals surface area (Å²) in [6, 6.07) is 11.7. The number of amides is 3. The molecule has 2 atom stereocenters. The molecule has 0 fully saturated rings. The molecule has 2 aromatic rings. The van der Waals surface area contributed by atoms with Gasteiger partial charge in [0.2, 0.25) is 5.91 Å². The first-order valence-corrected chi connectivity index (χ1v) is 10.2. The van der Waals surface area contributed by atoms with Crippen molar-refractivity contribution in [3.8, 4) is 0 Å². The zero-order valence-electron chi connectivity index (χ0n) is 18.3. The van der Waals surface area contributed by atoms with Crippen molar-refractivity contribution in [3.05, 3.63) is 65.7 Å². The highest BCUT2D eigenvalue weighted by Crippen LogP contribution is 2.30. The molecule has 0 aliphatic heterocycles. The number of rotatable bonds is 7. The van der Waals surface area contributed by atoms with Gasteiger partial charge in [0.15, 0.2) is 0 Å². The van der Waals surface area contributed by atoms with Crippen LogP contribution in [0.3, 0.4) is 0 Å². The molecule has 0 saturated carbocycles. The van der Waals surface area contributed by atoms with Crippen molar-refractivity contribution in [2.45, 2.75) is 45.5 Å². The summed E-state index contributed by atoms with van der Waals surface area (Å²) in [6.45, 7) is 5.53. The average Bonchev–Trinajstić information content (AvgIpc) is 2.71. The minimum Gasteiger partial charge on any atom is -0.350 e. The molecule has 0 aliphatic rings. The summed E-state index contributed by atoms with van der Waals surface area (Å²) in [5.74, 6) is -0.428. The van der Waals surface area contributed by atoms with Crippen LogP contribution in [0.1, 0.15) is 31.9 Å². The molecule has 2 aromatic carbocycles. The van der Waals surface area contributed by atoms with Gasteiger partial charge in [-0.25, -0.2) is 4.79 Å². The zero-order chi connectivity index (χ0) is 23.9. The van der Waals surface area contributed by atoms with Crippen LogP contribution in [0.5, 0.6) is 0 Å². The van der Waals surface area contributed by atoms with Crippen LogP contribution in [0, 0.1) is 5.41 Å². The summed E-state index contributed by atoms with van der Waals surface area (Å²) in [7, 11) is 0. The number of hydrogen-bond donors (Lipinski definition) is 4. The molecule has 5 N–H and O–H groups in total. The number of benzene rings is 2. The molecule has 3 amide bonds. The van der Waals surface area contributed by atoms with E-state index in [4.69, 9.17) is 5.73 Å². The van der Waals surface area contributed by atoms with Crippen LogP contribution in [0.25, 0.3) is 0 Å². The highest BCUT2D eigenvalue weighted by atomic mass is 19.4. The lowest BCUT2D eigenvalue weighted by Crippen LogP contribution is -2.57. The van der Waals surface area contributed by atoms with Gasteiger partial charge in [0.1, 0.15) is 6.04 Å². The molecule has 0 aromatic heterocycles. The number of alkyl halides is 3. The van der Waals surface area contributed by atoms with Gasteiger partial charge in [0, 0.05) is 18.3 Å². The van der Waals surface area contributed by atoms with Crippen LogP contribution in [0.4, 0.5) is 23.7 Å². The van der Waals surface area contributed by atoms with E-state index in [0.717, 1.165) is 17.7 Å². The number of nitrogens with one attached hydrogen (secondary N) is 3. The van der Waals surface area contributed by atoms with Crippen molar-refractivity contribution < 1.29 is 22.8 Å². The number of anilines is 1. The van der Waals surface area contributed by atoms with Crippen molar-refractivity contribution >= 4 is 17.6 Å². The molecule has 2 unspecified atom stereocenters. The molecule has 0 heterocycles. The van der Waals surface area contributed by atoms with E-state index >= 15 is 0 Å². The van der Waals surface area contributed by atoms with E-state index in [1.165, 1.54) is 12.1 Å². The second-order valence-corrected chi connectivity index (χ2v) is 8.61. The van der Waals surface area contributed by atoms with Gasteiger partial charge < -0.3 is 21.7 Å². The zero-order valence-corrected chi connectivity index (χ0v) is 18.3. The van der Waals surface area contributed by atoms with Crippen molar-refractivity contribution in [2.75, 3.05) is 11.9 Å². The van der Waals surface area contributed by atoms with Gasteiger partial charge in [0.05, 0.1) is 5.56 Å². The second-order valence-electron chi connectivity index (χ2n) is 8.61. The van der Waals surface area contributed by atoms with Gasteiger partial charge in [-0.2, -0.15) is 13.2 Å². The minimum absolute atomic E-state index is 0.0331. The third-order valence-electron chi connectivity index (χ3n) is 4.81. The van der Waals surface area contributed by atoms with E-state index in [1.807, 2.05) is 30.3 Å². The van der Waals surface area contributed by atoms with E-state index in [-0.39, 0.29) is 18.3 Å². The number of nitrogens with two attached hydrogens (primary N) is 1. The fourth-order valence-corrected chi connectivity index (χ4v) is 3.12. The van der Waals surface area contributed by atoms with Crippen LogP contribution >= 0.6 is 0 Å². The fourth-order valence-electron chi connectivity index (χ4n) is 3.12. The number of urea groups is 1. The van der Waals surface area contributed by atoms with Crippen LogP contribution in [0.2, 0.25) is 0 Å². The Morgan fingerprint density at radius 3 is 2.19 bits per heavy atom. The van der Waals surface area contributed by atoms with Crippen molar-refractivity contribution in [2.24, 2.45) is 11.1 Å². The molecule has 0 aliphatic carbocycles. The summed E-state index contributed by atoms with van der Waals surface area (Å²) in [4.78, 5) is 25.4. The average molecular weight is 451 g/mol. The maximum atomic E-state index is 13.0. The topological polar surface area (TPSA) is 96.2 Å². The summed E-state index contributed by atoms with van der Waals surface area (Å²) in [5, 5.41) is 7.80. The molecular formula is C23H29F3N4O2. The Hall–Kier alpha value is -3.07. The van der Waals surface area contributed by atoms with Crippen molar-refractivity contribution in [3.63, 3.8) is 0 Å². The molecular weight excluding hydrogens is 421 g/mol. The minimum atomic E-state index is -4.53.